The third-order valence-electron chi connectivity index (χ3n) is 3.21. The van der Waals surface area contributed by atoms with Gasteiger partial charge in [-0.25, -0.2) is 4.79 Å². The summed E-state index contributed by atoms with van der Waals surface area (Å²) in [5, 5.41) is 2.69. The molecule has 1 aliphatic carbocycles. The zero-order valence-electron chi connectivity index (χ0n) is 13.2. The maximum Gasteiger partial charge on any atom is 0.328 e. The van der Waals surface area contributed by atoms with Gasteiger partial charge in [-0.05, 0) is 53.4 Å². The normalized spacial score (nSPS) is 23.6. The van der Waals surface area contributed by atoms with Gasteiger partial charge < -0.3 is 14.8 Å². The molecular formula is C15H27NO4. The van der Waals surface area contributed by atoms with E-state index in [-0.39, 0.29) is 5.91 Å². The zero-order valence-corrected chi connectivity index (χ0v) is 13.2. The van der Waals surface area contributed by atoms with Crippen LogP contribution in [-0.2, 0) is 19.1 Å². The first-order valence-electron chi connectivity index (χ1n) is 7.35. The molecule has 0 saturated heterocycles. The van der Waals surface area contributed by atoms with Gasteiger partial charge in [0.05, 0.1) is 6.10 Å². The third-order valence-corrected chi connectivity index (χ3v) is 3.21. The molecule has 5 nitrogen and oxygen atoms in total. The molecule has 0 spiro atoms. The molecule has 0 bridgehead atoms. The van der Waals surface area contributed by atoms with Gasteiger partial charge in [0, 0.05) is 13.0 Å². The van der Waals surface area contributed by atoms with E-state index in [9.17, 15) is 9.59 Å². The van der Waals surface area contributed by atoms with Crippen LogP contribution in [0.15, 0.2) is 0 Å². The van der Waals surface area contributed by atoms with Crippen LogP contribution in [0.3, 0.4) is 0 Å². The second kappa shape index (κ2) is 7.07. The van der Waals surface area contributed by atoms with Crippen molar-refractivity contribution in [2.45, 2.75) is 71.6 Å². The number of carbonyl (C=O) groups excluding carboxylic acids is 2. The molecule has 0 aliphatic heterocycles. The van der Waals surface area contributed by atoms with Gasteiger partial charge in [0.2, 0.25) is 5.91 Å². The van der Waals surface area contributed by atoms with E-state index in [1.165, 1.54) is 0 Å². The highest BCUT2D eigenvalue weighted by Crippen LogP contribution is 2.32. The average molecular weight is 285 g/mol. The molecule has 1 amide bonds. The van der Waals surface area contributed by atoms with Crippen molar-refractivity contribution in [1.82, 2.24) is 5.32 Å². The minimum Gasteiger partial charge on any atom is -0.458 e. The molecule has 0 radical (unpaired) electrons. The van der Waals surface area contributed by atoms with Crippen molar-refractivity contribution in [3.8, 4) is 0 Å². The van der Waals surface area contributed by atoms with E-state index in [1.54, 1.807) is 6.92 Å². The first kappa shape index (κ1) is 17.0. The molecule has 5 heteroatoms. The van der Waals surface area contributed by atoms with E-state index >= 15 is 0 Å². The number of nitrogens with one attached hydrogen (secondary N) is 1. The van der Waals surface area contributed by atoms with Crippen LogP contribution >= 0.6 is 0 Å². The summed E-state index contributed by atoms with van der Waals surface area (Å²) in [6.45, 7) is 9.77. The lowest BCUT2D eigenvalue weighted by Crippen LogP contribution is -2.44. The number of esters is 1. The fourth-order valence-electron chi connectivity index (χ4n) is 2.22. The van der Waals surface area contributed by atoms with Crippen LogP contribution in [-0.4, -0.2) is 36.2 Å². The number of hydrogen-bond acceptors (Lipinski definition) is 4. The van der Waals surface area contributed by atoms with Crippen LogP contribution in [0.5, 0.6) is 0 Å². The minimum atomic E-state index is -0.607. The Balaban J connectivity index is 2.24. The summed E-state index contributed by atoms with van der Waals surface area (Å²) in [7, 11) is 0. The number of hydrogen-bond donors (Lipinski definition) is 1. The molecule has 0 aromatic rings. The van der Waals surface area contributed by atoms with Crippen molar-refractivity contribution in [2.24, 2.45) is 5.92 Å². The molecule has 0 unspecified atom stereocenters. The molecule has 1 aliphatic rings. The van der Waals surface area contributed by atoms with E-state index in [0.29, 0.717) is 18.4 Å². The van der Waals surface area contributed by atoms with Crippen LogP contribution in [0.4, 0.5) is 0 Å². The molecule has 1 atom stereocenters. The van der Waals surface area contributed by atoms with E-state index in [0.717, 1.165) is 19.4 Å². The van der Waals surface area contributed by atoms with E-state index in [2.05, 4.69) is 5.32 Å². The first-order chi connectivity index (χ1) is 9.21. The highest BCUT2D eigenvalue weighted by molar-refractivity contribution is 5.84. The Bertz CT molecular complexity index is 342. The summed E-state index contributed by atoms with van der Waals surface area (Å²) in [5.74, 6) is -0.118. The molecule has 1 N–H and O–H groups in total. The molecule has 0 aromatic heterocycles. The van der Waals surface area contributed by atoms with Crippen molar-refractivity contribution >= 4 is 11.9 Å². The number of ether oxygens (including phenoxy) is 2. The lowest BCUT2D eigenvalue weighted by molar-refractivity contribution is -0.158. The van der Waals surface area contributed by atoms with Gasteiger partial charge in [0.15, 0.2) is 0 Å². The maximum atomic E-state index is 11.8. The van der Waals surface area contributed by atoms with Crippen molar-refractivity contribution in [2.75, 3.05) is 6.61 Å². The second-order valence-electron chi connectivity index (χ2n) is 6.44. The van der Waals surface area contributed by atoms with Gasteiger partial charge in [-0.3, -0.25) is 4.79 Å². The molecule has 1 saturated carbocycles. The highest BCUT2D eigenvalue weighted by atomic mass is 16.6. The smallest absolute Gasteiger partial charge is 0.328 e. The Morgan fingerprint density at radius 1 is 1.30 bits per heavy atom. The standard InChI is InChI=1S/C15H27NO4/c1-6-19-12-7-11(8-12)9-13(17)16-10(2)14(18)20-15(3,4)5/h10-12H,6-9H2,1-5H3,(H,16,17)/t10-,11?,12?/m1/s1. The average Bonchev–Trinajstić information content (AvgIpc) is 2.23. The highest BCUT2D eigenvalue weighted by Gasteiger charge is 2.32. The number of amides is 1. The number of carbonyl (C=O) groups is 2. The number of rotatable bonds is 6. The molecule has 116 valence electrons. The van der Waals surface area contributed by atoms with Gasteiger partial charge in [0.25, 0.3) is 0 Å². The van der Waals surface area contributed by atoms with E-state index < -0.39 is 17.6 Å². The molecule has 1 rings (SSSR count). The molecule has 20 heavy (non-hydrogen) atoms. The molecule has 1 fully saturated rings. The second-order valence-corrected chi connectivity index (χ2v) is 6.44. The zero-order chi connectivity index (χ0) is 15.3. The van der Waals surface area contributed by atoms with Crippen LogP contribution in [0, 0.1) is 5.92 Å². The molecule has 0 aromatic carbocycles. The fraction of sp³-hybridized carbons (Fsp3) is 0.867. The van der Waals surface area contributed by atoms with E-state index in [1.807, 2.05) is 27.7 Å². The predicted molar refractivity (Wildman–Crippen MR) is 76.2 cm³/mol. The Labute approximate surface area is 121 Å². The molecular weight excluding hydrogens is 258 g/mol. The quantitative estimate of drug-likeness (QED) is 0.758. The summed E-state index contributed by atoms with van der Waals surface area (Å²) >= 11 is 0. The lowest BCUT2D eigenvalue weighted by atomic mass is 9.80. The van der Waals surface area contributed by atoms with Crippen LogP contribution in [0.25, 0.3) is 0 Å². The van der Waals surface area contributed by atoms with Gasteiger partial charge in [-0.15, -0.1) is 0 Å². The SMILES string of the molecule is CCOC1CC(CC(=O)N[C@H](C)C(=O)OC(C)(C)C)C1. The summed E-state index contributed by atoms with van der Waals surface area (Å²) in [6, 6.07) is -0.607. The Morgan fingerprint density at radius 3 is 2.40 bits per heavy atom. The summed E-state index contributed by atoms with van der Waals surface area (Å²) in [6.07, 6.45) is 2.63. The van der Waals surface area contributed by atoms with Gasteiger partial charge in [-0.2, -0.15) is 0 Å². The summed E-state index contributed by atoms with van der Waals surface area (Å²) < 4.78 is 10.7. The largest absolute Gasteiger partial charge is 0.458 e. The minimum absolute atomic E-state index is 0.0942. The van der Waals surface area contributed by atoms with Gasteiger partial charge in [-0.1, -0.05) is 0 Å². The fourth-order valence-corrected chi connectivity index (χ4v) is 2.22. The Kier molecular flexibility index (Phi) is 5.99. The van der Waals surface area contributed by atoms with Crippen molar-refractivity contribution in [1.29, 1.82) is 0 Å². The van der Waals surface area contributed by atoms with E-state index in [4.69, 9.17) is 9.47 Å². The van der Waals surface area contributed by atoms with Crippen LogP contribution in [0.2, 0.25) is 0 Å². The monoisotopic (exact) mass is 285 g/mol. The topological polar surface area (TPSA) is 64.6 Å². The summed E-state index contributed by atoms with van der Waals surface area (Å²) in [4.78, 5) is 23.6. The van der Waals surface area contributed by atoms with Crippen molar-refractivity contribution in [3.05, 3.63) is 0 Å². The van der Waals surface area contributed by atoms with Crippen molar-refractivity contribution in [3.63, 3.8) is 0 Å². The van der Waals surface area contributed by atoms with Crippen molar-refractivity contribution < 1.29 is 19.1 Å². The van der Waals surface area contributed by atoms with Gasteiger partial charge >= 0.3 is 5.97 Å². The third kappa shape index (κ3) is 5.90. The lowest BCUT2D eigenvalue weighted by Gasteiger charge is -2.34. The first-order valence-corrected chi connectivity index (χ1v) is 7.35. The van der Waals surface area contributed by atoms with Crippen LogP contribution < -0.4 is 5.32 Å². The Hall–Kier alpha value is -1.10. The summed E-state index contributed by atoms with van der Waals surface area (Å²) in [5.41, 5.74) is -0.533. The Morgan fingerprint density at radius 2 is 1.90 bits per heavy atom. The predicted octanol–water partition coefficient (Wildman–Crippen LogP) is 2.04. The van der Waals surface area contributed by atoms with Crippen LogP contribution in [0.1, 0.15) is 53.9 Å². The maximum absolute atomic E-state index is 11.8. The van der Waals surface area contributed by atoms with Gasteiger partial charge in [0.1, 0.15) is 11.6 Å². The molecule has 0 heterocycles.